The molecule has 0 aromatic heterocycles. The monoisotopic (exact) mass is 345 g/mol. The van der Waals surface area contributed by atoms with Gasteiger partial charge in [-0.3, -0.25) is 13.8 Å². The third-order valence-corrected chi connectivity index (χ3v) is 4.61. The lowest BCUT2D eigenvalue weighted by Gasteiger charge is -2.24. The molecule has 9 heteroatoms. The molecular weight excluding hydrogens is 328 g/mol. The van der Waals surface area contributed by atoms with Crippen LogP contribution in [0.5, 0.6) is 0 Å². The third kappa shape index (κ3) is 5.26. The van der Waals surface area contributed by atoms with Gasteiger partial charge in [0.15, 0.2) is 4.49 Å². The lowest BCUT2D eigenvalue weighted by molar-refractivity contribution is -0.120. The van der Waals surface area contributed by atoms with Crippen molar-refractivity contribution in [1.29, 1.82) is 0 Å². The van der Waals surface area contributed by atoms with Crippen LogP contribution >= 0.6 is 31.0 Å². The smallest absolute Gasteiger partial charge is 0.395 e. The largest absolute Gasteiger partial charge is 0.529 e. The van der Waals surface area contributed by atoms with Gasteiger partial charge < -0.3 is 9.84 Å². The summed E-state index contributed by atoms with van der Waals surface area (Å²) in [6.07, 6.45) is 5.02. The van der Waals surface area contributed by atoms with Gasteiger partial charge in [0, 0.05) is 20.3 Å². The van der Waals surface area contributed by atoms with E-state index in [0.29, 0.717) is 0 Å². The molecule has 1 saturated carbocycles. The van der Waals surface area contributed by atoms with Crippen LogP contribution in [0.3, 0.4) is 0 Å². The van der Waals surface area contributed by atoms with Gasteiger partial charge in [-0.1, -0.05) is 42.5 Å². The second kappa shape index (κ2) is 8.25. The Morgan fingerprint density at radius 2 is 1.70 bits per heavy atom. The highest BCUT2D eigenvalue weighted by atomic mass is 35.5. The van der Waals surface area contributed by atoms with Gasteiger partial charge in [0.1, 0.15) is 0 Å². The number of hydrogen-bond donors (Lipinski definition) is 1. The van der Waals surface area contributed by atoms with E-state index in [9.17, 15) is 9.36 Å². The average Bonchev–Trinajstić information content (AvgIpc) is 2.45. The summed E-state index contributed by atoms with van der Waals surface area (Å²) in [5.41, 5.74) is 0. The number of carbonyl (C=O) groups excluding carboxylic acids is 1. The molecule has 0 saturated heterocycles. The molecule has 0 aliphatic heterocycles. The highest BCUT2D eigenvalue weighted by molar-refractivity contribution is 7.48. The second-order valence-electron chi connectivity index (χ2n) is 4.30. The Balaban J connectivity index is 2.74. The van der Waals surface area contributed by atoms with Crippen LogP contribution < -0.4 is 5.32 Å². The van der Waals surface area contributed by atoms with Crippen molar-refractivity contribution in [3.63, 3.8) is 0 Å². The molecule has 0 spiro atoms. The normalized spacial score (nSPS) is 16.6. The van der Waals surface area contributed by atoms with E-state index in [1.807, 2.05) is 0 Å². The van der Waals surface area contributed by atoms with Crippen LogP contribution in [0.4, 0.5) is 0 Å². The van der Waals surface area contributed by atoms with Gasteiger partial charge in [-0.25, -0.2) is 4.57 Å². The minimum absolute atomic E-state index is 0.0343. The molecule has 0 unspecified atom stereocenters. The zero-order valence-corrected chi connectivity index (χ0v) is 13.8. The van der Waals surface area contributed by atoms with E-state index < -0.39 is 24.0 Å². The maximum atomic E-state index is 12.1. The van der Waals surface area contributed by atoms with Gasteiger partial charge in [-0.05, 0) is 12.8 Å². The van der Waals surface area contributed by atoms with Crippen LogP contribution in [-0.2, 0) is 22.9 Å². The maximum Gasteiger partial charge on any atom is 0.529 e. The van der Waals surface area contributed by atoms with Crippen LogP contribution in [0, 0.1) is 0 Å². The summed E-state index contributed by atoms with van der Waals surface area (Å²) in [5.74, 6) is -1.10. The first-order valence-electron chi connectivity index (χ1n) is 6.19. The molecule has 1 aliphatic rings. The molecule has 0 aromatic rings. The van der Waals surface area contributed by atoms with Crippen molar-refractivity contribution in [2.24, 2.45) is 0 Å². The van der Waals surface area contributed by atoms with Crippen molar-refractivity contribution >= 4 is 36.9 Å². The fraction of sp³-hybridized carbons (Fsp3) is 0.727. The van der Waals surface area contributed by atoms with Crippen LogP contribution in [0.15, 0.2) is 10.3 Å². The number of hydrogen-bond acceptors (Lipinski definition) is 5. The Morgan fingerprint density at radius 3 is 2.15 bits per heavy atom. The molecule has 116 valence electrons. The van der Waals surface area contributed by atoms with Crippen molar-refractivity contribution in [2.75, 3.05) is 14.2 Å². The Hall–Kier alpha value is -0.260. The minimum atomic E-state index is -3.89. The lowest BCUT2D eigenvalue weighted by Crippen LogP contribution is -2.37. The first-order valence-corrected chi connectivity index (χ1v) is 8.40. The van der Waals surface area contributed by atoms with Crippen molar-refractivity contribution < 1.29 is 22.9 Å². The van der Waals surface area contributed by atoms with Crippen molar-refractivity contribution in [1.82, 2.24) is 5.32 Å². The zero-order valence-electron chi connectivity index (χ0n) is 11.4. The van der Waals surface area contributed by atoms with Crippen molar-refractivity contribution in [2.45, 2.75) is 38.1 Å². The van der Waals surface area contributed by atoms with Crippen LogP contribution in [0.2, 0.25) is 0 Å². The highest BCUT2D eigenvalue weighted by Crippen LogP contribution is 2.50. The molecule has 0 heterocycles. The van der Waals surface area contributed by atoms with E-state index in [4.69, 9.17) is 27.7 Å². The van der Waals surface area contributed by atoms with Gasteiger partial charge in [0.2, 0.25) is 5.76 Å². The van der Waals surface area contributed by atoms with E-state index in [1.165, 1.54) is 0 Å². The van der Waals surface area contributed by atoms with Gasteiger partial charge in [0.25, 0.3) is 5.91 Å². The van der Waals surface area contributed by atoms with Crippen LogP contribution in [-0.4, -0.2) is 26.2 Å². The first kappa shape index (κ1) is 17.8. The zero-order chi connectivity index (χ0) is 15.2. The highest BCUT2D eigenvalue weighted by Gasteiger charge is 2.31. The standard InChI is InChI=1S/C11H18Cl2NO5P/c1-17-20(16,18-2)19-9(10(12)13)11(15)14-8-6-4-3-5-7-8/h8H,3-7H2,1-2H3,(H,14,15). The molecule has 1 amide bonds. The topological polar surface area (TPSA) is 73.9 Å². The molecule has 1 aliphatic carbocycles. The summed E-state index contributed by atoms with van der Waals surface area (Å²) >= 11 is 11.2. The summed E-state index contributed by atoms with van der Waals surface area (Å²) in [7, 11) is -1.63. The summed E-state index contributed by atoms with van der Waals surface area (Å²) in [6.45, 7) is 0. The van der Waals surface area contributed by atoms with Gasteiger partial charge >= 0.3 is 7.82 Å². The van der Waals surface area contributed by atoms with E-state index >= 15 is 0 Å². The summed E-state index contributed by atoms with van der Waals surface area (Å²) < 4.78 is 25.5. The second-order valence-corrected chi connectivity index (χ2v) is 7.06. The fourth-order valence-corrected chi connectivity index (χ4v) is 2.97. The van der Waals surface area contributed by atoms with Crippen molar-refractivity contribution in [3.05, 3.63) is 10.3 Å². The molecule has 0 bridgehead atoms. The first-order chi connectivity index (χ1) is 9.41. The molecule has 1 N–H and O–H groups in total. The number of halogens is 2. The predicted molar refractivity (Wildman–Crippen MR) is 76.5 cm³/mol. The summed E-state index contributed by atoms with van der Waals surface area (Å²) in [5, 5.41) is 2.75. The molecular formula is C11H18Cl2NO5P. The van der Waals surface area contributed by atoms with Gasteiger partial charge in [-0.15, -0.1) is 0 Å². The van der Waals surface area contributed by atoms with Gasteiger partial charge in [-0.2, -0.15) is 0 Å². The molecule has 1 fully saturated rings. The maximum absolute atomic E-state index is 12.1. The summed E-state index contributed by atoms with van der Waals surface area (Å²) in [4.78, 5) is 12.1. The quantitative estimate of drug-likeness (QED) is 0.453. The van der Waals surface area contributed by atoms with Gasteiger partial charge in [0.05, 0.1) is 0 Å². The number of carbonyl (C=O) groups is 1. The SMILES string of the molecule is COP(=O)(OC)OC(C(=O)NC1CCCCC1)=C(Cl)Cl. The molecule has 0 radical (unpaired) electrons. The number of nitrogens with one attached hydrogen (secondary N) is 1. The van der Waals surface area contributed by atoms with E-state index in [1.54, 1.807) is 0 Å². The third-order valence-electron chi connectivity index (χ3n) is 2.97. The number of rotatable bonds is 6. The van der Waals surface area contributed by atoms with E-state index in [-0.39, 0.29) is 6.04 Å². The van der Waals surface area contributed by atoms with E-state index in [0.717, 1.165) is 46.3 Å². The number of amides is 1. The van der Waals surface area contributed by atoms with Crippen LogP contribution in [0.25, 0.3) is 0 Å². The molecule has 0 aromatic carbocycles. The van der Waals surface area contributed by atoms with Crippen molar-refractivity contribution in [3.8, 4) is 0 Å². The number of phosphoric ester groups is 1. The molecule has 6 nitrogen and oxygen atoms in total. The minimum Gasteiger partial charge on any atom is -0.395 e. The fourth-order valence-electron chi connectivity index (χ4n) is 1.92. The Bertz CT molecular complexity index is 411. The Kier molecular flexibility index (Phi) is 7.34. The summed E-state index contributed by atoms with van der Waals surface area (Å²) in [6, 6.07) is 0.0343. The Labute approximate surface area is 128 Å². The van der Waals surface area contributed by atoms with Crippen LogP contribution in [0.1, 0.15) is 32.1 Å². The van der Waals surface area contributed by atoms with E-state index in [2.05, 4.69) is 14.4 Å². The molecule has 0 atom stereocenters. The predicted octanol–water partition coefficient (Wildman–Crippen LogP) is 3.50. The lowest BCUT2D eigenvalue weighted by atomic mass is 9.95. The Morgan fingerprint density at radius 1 is 1.15 bits per heavy atom. The molecule has 1 rings (SSSR count). The molecule has 20 heavy (non-hydrogen) atoms. The number of phosphoric acid groups is 1. The average molecular weight is 346 g/mol.